The second kappa shape index (κ2) is 6.69. The molecule has 0 saturated heterocycles. The van der Waals surface area contributed by atoms with E-state index < -0.39 is 0 Å². The second-order valence-corrected chi connectivity index (χ2v) is 5.96. The van der Waals surface area contributed by atoms with Crippen LogP contribution in [0.4, 0.5) is 11.4 Å². The third kappa shape index (κ3) is 3.26. The molecule has 4 heteroatoms. The van der Waals surface area contributed by atoms with E-state index in [-0.39, 0.29) is 0 Å². The zero-order valence-corrected chi connectivity index (χ0v) is 14.1. The fourth-order valence-electron chi connectivity index (χ4n) is 2.84. The van der Waals surface area contributed by atoms with Crippen molar-refractivity contribution in [2.24, 2.45) is 0 Å². The van der Waals surface area contributed by atoms with E-state index >= 15 is 0 Å². The minimum Gasteiger partial charge on any atom is -0.457 e. The average molecular weight is 342 g/mol. The van der Waals surface area contributed by atoms with Gasteiger partial charge in [0, 0.05) is 34.3 Å². The Morgan fingerprint density at radius 2 is 0.923 bits per heavy atom. The zero-order chi connectivity index (χ0) is 17.9. The predicted octanol–water partition coefficient (Wildman–Crippen LogP) is 5.59. The average Bonchev–Trinajstić information content (AvgIpc) is 2.63. The van der Waals surface area contributed by atoms with Crippen molar-refractivity contribution in [3.63, 3.8) is 0 Å². The molecular weight excluding hydrogens is 324 g/mol. The molecule has 0 fully saturated rings. The van der Waals surface area contributed by atoms with Gasteiger partial charge in [0.15, 0.2) is 0 Å². The number of rotatable bonds is 4. The lowest BCUT2D eigenvalue weighted by Gasteiger charge is -2.13. The van der Waals surface area contributed by atoms with Gasteiger partial charge in [-0.05, 0) is 36.4 Å². The van der Waals surface area contributed by atoms with Crippen LogP contribution in [0, 0.1) is 0 Å². The smallest absolute Gasteiger partial charge is 0.135 e. The van der Waals surface area contributed by atoms with E-state index in [9.17, 15) is 0 Å². The Balaban J connectivity index is 1.73. The molecule has 0 aliphatic rings. The van der Waals surface area contributed by atoms with E-state index in [1.807, 2.05) is 72.8 Å². The molecule has 0 bridgehead atoms. The highest BCUT2D eigenvalue weighted by Crippen LogP contribution is 2.36. The maximum absolute atomic E-state index is 6.04. The predicted molar refractivity (Wildman–Crippen MR) is 106 cm³/mol. The molecule has 4 aromatic carbocycles. The van der Waals surface area contributed by atoms with Gasteiger partial charge in [-0.2, -0.15) is 0 Å². The Labute approximate surface area is 151 Å². The van der Waals surface area contributed by atoms with Gasteiger partial charge in [0.25, 0.3) is 0 Å². The summed E-state index contributed by atoms with van der Waals surface area (Å²) in [7, 11) is 0. The number of fused-ring (bicyclic) bond motifs is 1. The molecule has 0 heterocycles. The number of ether oxygens (including phenoxy) is 2. The quantitative estimate of drug-likeness (QED) is 0.474. The Morgan fingerprint density at radius 3 is 1.35 bits per heavy atom. The van der Waals surface area contributed by atoms with Crippen LogP contribution in [0.2, 0.25) is 0 Å². The maximum atomic E-state index is 6.04. The largest absolute Gasteiger partial charge is 0.457 e. The SMILES string of the molecule is Nc1cccc(Oc2cccc3c(Oc4cccc(N)c4)cccc23)c1. The monoisotopic (exact) mass is 342 g/mol. The van der Waals surface area contributed by atoms with Gasteiger partial charge in [-0.15, -0.1) is 0 Å². The van der Waals surface area contributed by atoms with E-state index in [0.29, 0.717) is 22.9 Å². The first-order valence-corrected chi connectivity index (χ1v) is 8.27. The fraction of sp³-hybridized carbons (Fsp3) is 0. The van der Waals surface area contributed by atoms with Gasteiger partial charge in [0.05, 0.1) is 0 Å². The summed E-state index contributed by atoms with van der Waals surface area (Å²) in [4.78, 5) is 0. The summed E-state index contributed by atoms with van der Waals surface area (Å²) >= 11 is 0. The van der Waals surface area contributed by atoms with Crippen LogP contribution in [0.3, 0.4) is 0 Å². The van der Waals surface area contributed by atoms with Crippen molar-refractivity contribution in [3.05, 3.63) is 84.9 Å². The number of benzene rings is 4. The maximum Gasteiger partial charge on any atom is 0.135 e. The summed E-state index contributed by atoms with van der Waals surface area (Å²) in [5, 5.41) is 1.91. The highest BCUT2D eigenvalue weighted by atomic mass is 16.5. The first kappa shape index (κ1) is 15.8. The number of nitrogens with two attached hydrogens (primary N) is 2. The van der Waals surface area contributed by atoms with Crippen LogP contribution in [0.5, 0.6) is 23.0 Å². The first-order valence-electron chi connectivity index (χ1n) is 8.27. The molecule has 0 spiro atoms. The van der Waals surface area contributed by atoms with E-state index in [2.05, 4.69) is 0 Å². The summed E-state index contributed by atoms with van der Waals surface area (Å²) in [6.45, 7) is 0. The molecule has 128 valence electrons. The van der Waals surface area contributed by atoms with Crippen LogP contribution in [0.25, 0.3) is 10.8 Å². The molecule has 0 aromatic heterocycles. The Kier molecular flexibility index (Phi) is 4.07. The van der Waals surface area contributed by atoms with Crippen LogP contribution < -0.4 is 20.9 Å². The lowest BCUT2D eigenvalue weighted by Crippen LogP contribution is -1.91. The topological polar surface area (TPSA) is 70.5 Å². The molecular formula is C22H18N2O2. The van der Waals surface area contributed by atoms with Crippen LogP contribution in [0.15, 0.2) is 84.9 Å². The first-order chi connectivity index (χ1) is 12.7. The number of hydrogen-bond acceptors (Lipinski definition) is 4. The lowest BCUT2D eigenvalue weighted by molar-refractivity contribution is 0.483. The number of anilines is 2. The van der Waals surface area contributed by atoms with Gasteiger partial charge in [0.2, 0.25) is 0 Å². The molecule has 4 aromatic rings. The highest BCUT2D eigenvalue weighted by molar-refractivity contribution is 5.93. The lowest BCUT2D eigenvalue weighted by atomic mass is 10.1. The van der Waals surface area contributed by atoms with Gasteiger partial charge < -0.3 is 20.9 Å². The molecule has 0 radical (unpaired) electrons. The summed E-state index contributed by atoms with van der Waals surface area (Å²) in [5.41, 5.74) is 13.0. The minimum absolute atomic E-state index is 0.661. The third-order valence-electron chi connectivity index (χ3n) is 4.01. The van der Waals surface area contributed by atoms with E-state index in [1.165, 1.54) is 0 Å². The molecule has 4 N–H and O–H groups in total. The molecule has 0 saturated carbocycles. The van der Waals surface area contributed by atoms with Crippen molar-refractivity contribution in [2.45, 2.75) is 0 Å². The molecule has 4 rings (SSSR count). The van der Waals surface area contributed by atoms with Crippen LogP contribution >= 0.6 is 0 Å². The molecule has 0 aliphatic carbocycles. The summed E-state index contributed by atoms with van der Waals surface area (Å²) in [5.74, 6) is 2.87. The molecule has 26 heavy (non-hydrogen) atoms. The van der Waals surface area contributed by atoms with Gasteiger partial charge in [-0.1, -0.05) is 36.4 Å². The van der Waals surface area contributed by atoms with Gasteiger partial charge in [-0.3, -0.25) is 0 Å². The Hall–Kier alpha value is -3.66. The van der Waals surface area contributed by atoms with Crippen molar-refractivity contribution in [1.82, 2.24) is 0 Å². The van der Waals surface area contributed by atoms with E-state index in [4.69, 9.17) is 20.9 Å². The van der Waals surface area contributed by atoms with Crippen molar-refractivity contribution < 1.29 is 9.47 Å². The normalized spacial score (nSPS) is 10.6. The summed E-state index contributed by atoms with van der Waals surface area (Å²) in [6.07, 6.45) is 0. The molecule has 0 atom stereocenters. The molecule has 0 unspecified atom stereocenters. The third-order valence-corrected chi connectivity index (χ3v) is 4.01. The number of nitrogen functional groups attached to an aromatic ring is 2. The van der Waals surface area contributed by atoms with E-state index in [1.54, 1.807) is 12.1 Å². The van der Waals surface area contributed by atoms with Crippen LogP contribution in [-0.2, 0) is 0 Å². The van der Waals surface area contributed by atoms with Crippen LogP contribution in [-0.4, -0.2) is 0 Å². The molecule has 0 aliphatic heterocycles. The van der Waals surface area contributed by atoms with E-state index in [0.717, 1.165) is 22.3 Å². The fourth-order valence-corrected chi connectivity index (χ4v) is 2.84. The van der Waals surface area contributed by atoms with Crippen molar-refractivity contribution in [3.8, 4) is 23.0 Å². The molecule has 0 amide bonds. The second-order valence-electron chi connectivity index (χ2n) is 5.96. The van der Waals surface area contributed by atoms with Gasteiger partial charge >= 0.3 is 0 Å². The standard InChI is InChI=1S/C22H18N2O2/c23-15-5-1-7-17(13-15)25-21-11-3-10-20-19(21)9-4-12-22(20)26-18-8-2-6-16(24)14-18/h1-14H,23-24H2. The zero-order valence-electron chi connectivity index (χ0n) is 14.1. The molecule has 4 nitrogen and oxygen atoms in total. The number of hydrogen-bond donors (Lipinski definition) is 2. The van der Waals surface area contributed by atoms with Crippen molar-refractivity contribution >= 4 is 22.1 Å². The van der Waals surface area contributed by atoms with Crippen LogP contribution in [0.1, 0.15) is 0 Å². The summed E-state index contributed by atoms with van der Waals surface area (Å²) in [6, 6.07) is 26.5. The van der Waals surface area contributed by atoms with Crippen molar-refractivity contribution in [1.29, 1.82) is 0 Å². The van der Waals surface area contributed by atoms with Gasteiger partial charge in [-0.25, -0.2) is 0 Å². The highest BCUT2D eigenvalue weighted by Gasteiger charge is 2.09. The minimum atomic E-state index is 0.661. The van der Waals surface area contributed by atoms with Gasteiger partial charge in [0.1, 0.15) is 23.0 Å². The van der Waals surface area contributed by atoms with Crippen molar-refractivity contribution in [2.75, 3.05) is 11.5 Å². The Bertz CT molecular complexity index is 990. The Morgan fingerprint density at radius 1 is 0.500 bits per heavy atom. The summed E-state index contributed by atoms with van der Waals surface area (Å²) < 4.78 is 12.1.